The van der Waals surface area contributed by atoms with Crippen molar-refractivity contribution in [1.82, 2.24) is 25.7 Å². The number of halogens is 2. The van der Waals surface area contributed by atoms with E-state index in [1.807, 2.05) is 30.3 Å². The van der Waals surface area contributed by atoms with Crippen LogP contribution in [0, 0.1) is 17.1 Å². The van der Waals surface area contributed by atoms with Gasteiger partial charge in [0.05, 0.1) is 22.5 Å². The van der Waals surface area contributed by atoms with Crippen molar-refractivity contribution in [2.75, 3.05) is 0 Å². The monoisotopic (exact) mass is 580 g/mol. The highest BCUT2D eigenvalue weighted by molar-refractivity contribution is 6.32. The summed E-state index contributed by atoms with van der Waals surface area (Å²) in [5.41, 5.74) is 6.39. The molecule has 0 unspecified atom stereocenters. The summed E-state index contributed by atoms with van der Waals surface area (Å²) in [5, 5.41) is 23.5. The molecular weight excluding hydrogens is 555 g/mol. The predicted molar refractivity (Wildman–Crippen MR) is 155 cm³/mol. The number of rotatable bonds is 10. The van der Waals surface area contributed by atoms with Gasteiger partial charge < -0.3 is 14.8 Å². The summed E-state index contributed by atoms with van der Waals surface area (Å²) in [4.78, 5) is 4.12. The third-order valence-corrected chi connectivity index (χ3v) is 7.46. The third kappa shape index (κ3) is 5.96. The van der Waals surface area contributed by atoms with Crippen molar-refractivity contribution in [3.8, 4) is 28.7 Å². The van der Waals surface area contributed by atoms with Gasteiger partial charge in [0.15, 0.2) is 0 Å². The molecule has 1 aliphatic rings. The van der Waals surface area contributed by atoms with Crippen molar-refractivity contribution in [3.05, 3.63) is 124 Å². The summed E-state index contributed by atoms with van der Waals surface area (Å²) in [7, 11) is 0. The summed E-state index contributed by atoms with van der Waals surface area (Å²) >= 11 is 6.76. The molecule has 10 heteroatoms. The topological polar surface area (TPSA) is 109 Å². The number of hydrogen-bond donors (Lipinski definition) is 2. The smallest absolute Gasteiger partial charge is 0.142 e. The number of nitriles is 1. The number of ether oxygens (including phenoxy) is 2. The lowest BCUT2D eigenvalue weighted by Gasteiger charge is -2.20. The number of H-pyrrole nitrogens is 1. The number of nitrogens with zero attached hydrogens (tertiary/aromatic N) is 4. The minimum atomic E-state index is -0.247. The Labute approximate surface area is 247 Å². The van der Waals surface area contributed by atoms with E-state index in [2.05, 4.69) is 31.8 Å². The number of fused-ring (bicyclic) bond motifs is 1. The first-order valence-electron chi connectivity index (χ1n) is 13.5. The van der Waals surface area contributed by atoms with E-state index in [0.29, 0.717) is 40.7 Å². The fourth-order valence-corrected chi connectivity index (χ4v) is 5.42. The number of aromatic amines is 1. The van der Waals surface area contributed by atoms with E-state index in [1.165, 1.54) is 12.3 Å². The second-order valence-corrected chi connectivity index (χ2v) is 10.3. The zero-order valence-electron chi connectivity index (χ0n) is 22.5. The van der Waals surface area contributed by atoms with E-state index in [9.17, 15) is 9.65 Å². The lowest BCUT2D eigenvalue weighted by molar-refractivity contribution is 0.206. The SMILES string of the molecule is N#Cc1cncc(COc2cc(O[C@H]3CCc4c(-c5ccccc5F)cccc43)c(Cl)cc2CNCc2cn[nH]n2)c1. The Morgan fingerprint density at radius 3 is 2.74 bits per heavy atom. The maximum Gasteiger partial charge on any atom is 0.142 e. The Kier molecular flexibility index (Phi) is 8.08. The van der Waals surface area contributed by atoms with Gasteiger partial charge in [-0.25, -0.2) is 4.39 Å². The van der Waals surface area contributed by atoms with Crippen LogP contribution in [0.2, 0.25) is 5.02 Å². The van der Waals surface area contributed by atoms with Gasteiger partial charge in [-0.05, 0) is 47.7 Å². The minimum Gasteiger partial charge on any atom is -0.488 e. The lowest BCUT2D eigenvalue weighted by Crippen LogP contribution is -2.14. The molecule has 2 aromatic heterocycles. The molecule has 0 spiro atoms. The van der Waals surface area contributed by atoms with Crippen molar-refractivity contribution < 1.29 is 13.9 Å². The van der Waals surface area contributed by atoms with Crippen LogP contribution in [0.4, 0.5) is 4.39 Å². The van der Waals surface area contributed by atoms with Crippen LogP contribution in [-0.2, 0) is 26.1 Å². The molecule has 0 fully saturated rings. The number of pyridine rings is 1. The third-order valence-electron chi connectivity index (χ3n) is 7.17. The van der Waals surface area contributed by atoms with Crippen LogP contribution in [0.25, 0.3) is 11.1 Å². The van der Waals surface area contributed by atoms with Crippen LogP contribution in [0.1, 0.15) is 46.0 Å². The summed E-state index contributed by atoms with van der Waals surface area (Å²) in [5.74, 6) is 0.830. The van der Waals surface area contributed by atoms with Crippen molar-refractivity contribution >= 4 is 11.6 Å². The molecule has 1 atom stereocenters. The van der Waals surface area contributed by atoms with Crippen LogP contribution in [0.15, 0.2) is 79.3 Å². The average molecular weight is 581 g/mol. The molecule has 42 heavy (non-hydrogen) atoms. The summed E-state index contributed by atoms with van der Waals surface area (Å²) < 4.78 is 27.4. The molecule has 1 aliphatic carbocycles. The van der Waals surface area contributed by atoms with Crippen LogP contribution >= 0.6 is 11.6 Å². The van der Waals surface area contributed by atoms with Crippen LogP contribution in [0.3, 0.4) is 0 Å². The molecule has 5 aromatic rings. The van der Waals surface area contributed by atoms with Crippen LogP contribution in [0.5, 0.6) is 11.5 Å². The molecule has 2 N–H and O–H groups in total. The predicted octanol–water partition coefficient (Wildman–Crippen LogP) is 6.47. The van der Waals surface area contributed by atoms with Gasteiger partial charge in [0, 0.05) is 48.2 Å². The zero-order valence-corrected chi connectivity index (χ0v) is 23.2. The minimum absolute atomic E-state index is 0.206. The zero-order chi connectivity index (χ0) is 28.9. The highest BCUT2D eigenvalue weighted by Gasteiger charge is 2.28. The van der Waals surface area contributed by atoms with E-state index in [1.54, 1.807) is 36.7 Å². The fourth-order valence-electron chi connectivity index (χ4n) is 5.19. The Hall–Kier alpha value is -4.78. The van der Waals surface area contributed by atoms with Crippen molar-refractivity contribution in [2.24, 2.45) is 0 Å². The number of hydrogen-bond acceptors (Lipinski definition) is 7. The molecule has 0 radical (unpaired) electrons. The molecule has 0 amide bonds. The molecular formula is C32H26ClFN6O2. The van der Waals surface area contributed by atoms with Gasteiger partial charge in [0.2, 0.25) is 0 Å². The molecule has 0 aliphatic heterocycles. The van der Waals surface area contributed by atoms with Gasteiger partial charge in [-0.2, -0.15) is 20.7 Å². The van der Waals surface area contributed by atoms with E-state index in [4.69, 9.17) is 21.1 Å². The summed E-state index contributed by atoms with van der Waals surface area (Å²) in [6, 6.07) is 20.2. The molecule has 0 bridgehead atoms. The fraction of sp³-hybridized carbons (Fsp3) is 0.188. The van der Waals surface area contributed by atoms with Crippen molar-refractivity contribution in [2.45, 2.75) is 38.6 Å². The molecule has 0 saturated heterocycles. The highest BCUT2D eigenvalue weighted by atomic mass is 35.5. The molecule has 0 saturated carbocycles. The van der Waals surface area contributed by atoms with Gasteiger partial charge in [-0.1, -0.05) is 48.0 Å². The Bertz CT molecular complexity index is 1750. The second-order valence-electron chi connectivity index (χ2n) is 9.94. The summed E-state index contributed by atoms with van der Waals surface area (Å²) in [6.45, 7) is 1.16. The Morgan fingerprint density at radius 2 is 1.90 bits per heavy atom. The standard InChI is InChI=1S/C32H26ClFN6O2/c33-28-11-22(16-37-17-23-18-38-40-39-23)31(41-19-21-10-20(13-35)14-36-15-21)12-32(28)42-30-9-8-25-24(5-3-6-27(25)30)26-4-1-2-7-29(26)34/h1-7,10-12,14-15,18,30,37H,8-9,16-17,19H2,(H,38,39,40)/t30-/m0/s1. The van der Waals surface area contributed by atoms with Crippen LogP contribution < -0.4 is 14.8 Å². The Morgan fingerprint density at radius 1 is 1.02 bits per heavy atom. The maximum absolute atomic E-state index is 14.6. The van der Waals surface area contributed by atoms with E-state index >= 15 is 0 Å². The van der Waals surface area contributed by atoms with Crippen LogP contribution in [-0.4, -0.2) is 20.4 Å². The normalized spacial score (nSPS) is 13.9. The average Bonchev–Trinajstić information content (AvgIpc) is 3.68. The maximum atomic E-state index is 14.6. The van der Waals surface area contributed by atoms with Gasteiger partial charge >= 0.3 is 0 Å². The van der Waals surface area contributed by atoms with Gasteiger partial charge in [-0.15, -0.1) is 0 Å². The first-order valence-corrected chi connectivity index (χ1v) is 13.8. The van der Waals surface area contributed by atoms with Gasteiger partial charge in [0.25, 0.3) is 0 Å². The molecule has 2 heterocycles. The molecule has 3 aromatic carbocycles. The van der Waals surface area contributed by atoms with Crippen molar-refractivity contribution in [1.29, 1.82) is 5.26 Å². The van der Waals surface area contributed by atoms with E-state index < -0.39 is 0 Å². The van der Waals surface area contributed by atoms with Crippen molar-refractivity contribution in [3.63, 3.8) is 0 Å². The second kappa shape index (κ2) is 12.4. The Balaban J connectivity index is 1.26. The first kappa shape index (κ1) is 27.4. The number of nitrogens with one attached hydrogen (secondary N) is 2. The number of benzene rings is 3. The largest absolute Gasteiger partial charge is 0.488 e. The quantitative estimate of drug-likeness (QED) is 0.195. The van der Waals surface area contributed by atoms with Gasteiger partial charge in [0.1, 0.15) is 36.1 Å². The van der Waals surface area contributed by atoms with E-state index in [-0.39, 0.29) is 18.5 Å². The lowest BCUT2D eigenvalue weighted by atomic mass is 9.96. The molecule has 6 rings (SSSR count). The molecule has 210 valence electrons. The highest BCUT2D eigenvalue weighted by Crippen LogP contribution is 2.43. The number of aromatic nitrogens is 4. The first-order chi connectivity index (χ1) is 20.6. The summed E-state index contributed by atoms with van der Waals surface area (Å²) in [6.07, 6.45) is 6.08. The van der Waals surface area contributed by atoms with E-state index in [0.717, 1.165) is 46.4 Å². The van der Waals surface area contributed by atoms with Gasteiger partial charge in [-0.3, -0.25) is 4.98 Å². The molecule has 8 nitrogen and oxygen atoms in total.